The largest absolute Gasteiger partial charge is 0.320 e. The lowest BCUT2D eigenvalue weighted by molar-refractivity contribution is 0.103. The summed E-state index contributed by atoms with van der Waals surface area (Å²) < 4.78 is 0. The molecule has 0 bridgehead atoms. The number of nitrogens with one attached hydrogen (secondary N) is 2. The number of aromatic nitrogens is 4. The summed E-state index contributed by atoms with van der Waals surface area (Å²) in [4.78, 5) is 22.0. The Bertz CT molecular complexity index is 1070. The molecule has 2 N–H and O–H groups in total. The van der Waals surface area contributed by atoms with Crippen LogP contribution in [0.1, 0.15) is 21.1 Å². The Morgan fingerprint density at radius 1 is 1.20 bits per heavy atom. The molecule has 124 valence electrons. The number of carbonyl (C=O) groups is 1. The molecular weight excluding hydrogens is 334 g/mol. The van der Waals surface area contributed by atoms with Crippen LogP contribution in [0.25, 0.3) is 21.6 Å². The van der Waals surface area contributed by atoms with Gasteiger partial charge in [-0.2, -0.15) is 5.10 Å². The van der Waals surface area contributed by atoms with Gasteiger partial charge in [0.2, 0.25) is 0 Å². The van der Waals surface area contributed by atoms with Crippen LogP contribution in [0.2, 0.25) is 0 Å². The highest BCUT2D eigenvalue weighted by molar-refractivity contribution is 7.17. The van der Waals surface area contributed by atoms with Gasteiger partial charge < -0.3 is 5.32 Å². The summed E-state index contributed by atoms with van der Waals surface area (Å²) in [6.45, 7) is 3.77. The van der Waals surface area contributed by atoms with Crippen molar-refractivity contribution in [2.24, 2.45) is 0 Å². The molecule has 0 atom stereocenters. The Hall–Kier alpha value is -3.06. The Kier molecular flexibility index (Phi) is 3.77. The third kappa shape index (κ3) is 2.89. The number of fused-ring (bicyclic) bond motifs is 1. The lowest BCUT2D eigenvalue weighted by atomic mass is 10.2. The minimum atomic E-state index is -0.181. The van der Waals surface area contributed by atoms with Crippen molar-refractivity contribution in [2.75, 3.05) is 5.32 Å². The molecule has 4 aromatic rings. The fourth-order valence-corrected chi connectivity index (χ4v) is 3.55. The van der Waals surface area contributed by atoms with Crippen molar-refractivity contribution in [1.29, 1.82) is 0 Å². The van der Waals surface area contributed by atoms with Crippen molar-refractivity contribution in [2.45, 2.75) is 13.8 Å². The van der Waals surface area contributed by atoms with Gasteiger partial charge in [-0.25, -0.2) is 9.97 Å². The van der Waals surface area contributed by atoms with Crippen molar-refractivity contribution in [3.05, 3.63) is 58.9 Å². The third-order valence-electron chi connectivity index (χ3n) is 3.88. The molecule has 25 heavy (non-hydrogen) atoms. The summed E-state index contributed by atoms with van der Waals surface area (Å²) in [7, 11) is 0. The summed E-state index contributed by atoms with van der Waals surface area (Å²) in [5.74, 6) is -0.181. The Morgan fingerprint density at radius 3 is 2.80 bits per heavy atom. The molecule has 0 aliphatic heterocycles. The number of rotatable bonds is 3. The lowest BCUT2D eigenvalue weighted by Gasteiger charge is -2.03. The topological polar surface area (TPSA) is 83.6 Å². The molecule has 0 aliphatic rings. The second-order valence-electron chi connectivity index (χ2n) is 5.70. The van der Waals surface area contributed by atoms with E-state index in [4.69, 9.17) is 0 Å². The molecule has 0 fully saturated rings. The number of pyridine rings is 1. The summed E-state index contributed by atoms with van der Waals surface area (Å²) in [5.41, 5.74) is 3.91. The fraction of sp³-hybridized carbons (Fsp3) is 0.111. The van der Waals surface area contributed by atoms with E-state index in [2.05, 4.69) is 25.5 Å². The Balaban J connectivity index is 1.62. The predicted molar refractivity (Wildman–Crippen MR) is 98.9 cm³/mol. The van der Waals surface area contributed by atoms with E-state index >= 15 is 0 Å². The number of benzene rings is 1. The third-order valence-corrected chi connectivity index (χ3v) is 5.09. The molecule has 0 unspecified atom stereocenters. The number of carbonyl (C=O) groups excluding carboxylic acids is 1. The SMILES string of the molecule is Cc1nc(-c2ccccc2)sc1C(=O)Nc1cnc2n[nH]c(C)c2c1. The van der Waals surface area contributed by atoms with Crippen LogP contribution in [-0.4, -0.2) is 26.1 Å². The predicted octanol–water partition coefficient (Wildman–Crippen LogP) is 3.95. The maximum Gasteiger partial charge on any atom is 0.267 e. The molecule has 0 aliphatic carbocycles. The van der Waals surface area contributed by atoms with E-state index in [0.29, 0.717) is 16.2 Å². The number of amides is 1. The maximum absolute atomic E-state index is 12.6. The lowest BCUT2D eigenvalue weighted by Crippen LogP contribution is -2.11. The van der Waals surface area contributed by atoms with Crippen molar-refractivity contribution >= 4 is 34.0 Å². The zero-order valence-corrected chi connectivity index (χ0v) is 14.5. The molecule has 0 saturated heterocycles. The number of thiazole rings is 1. The molecular formula is C18H15N5OS. The number of aromatic amines is 1. The number of hydrogen-bond acceptors (Lipinski definition) is 5. The highest BCUT2D eigenvalue weighted by Crippen LogP contribution is 2.28. The van der Waals surface area contributed by atoms with Gasteiger partial charge in [-0.15, -0.1) is 11.3 Å². The summed E-state index contributed by atoms with van der Waals surface area (Å²) in [5, 5.41) is 11.6. The van der Waals surface area contributed by atoms with Gasteiger partial charge in [0.05, 0.1) is 17.6 Å². The summed E-state index contributed by atoms with van der Waals surface area (Å²) in [6, 6.07) is 11.7. The number of hydrogen-bond donors (Lipinski definition) is 2. The van der Waals surface area contributed by atoms with Gasteiger partial charge in [-0.3, -0.25) is 9.89 Å². The van der Waals surface area contributed by atoms with E-state index in [9.17, 15) is 4.79 Å². The fourth-order valence-electron chi connectivity index (χ4n) is 2.59. The number of nitrogens with zero attached hydrogens (tertiary/aromatic N) is 3. The van der Waals surface area contributed by atoms with Crippen LogP contribution in [-0.2, 0) is 0 Å². The van der Waals surface area contributed by atoms with Crippen LogP contribution in [0.3, 0.4) is 0 Å². The van der Waals surface area contributed by atoms with Gasteiger partial charge in [0.1, 0.15) is 9.88 Å². The van der Waals surface area contributed by atoms with Crippen LogP contribution < -0.4 is 5.32 Å². The van der Waals surface area contributed by atoms with Crippen molar-refractivity contribution in [3.63, 3.8) is 0 Å². The van der Waals surface area contributed by atoms with Crippen molar-refractivity contribution < 1.29 is 4.79 Å². The van der Waals surface area contributed by atoms with E-state index in [1.165, 1.54) is 11.3 Å². The Labute approximate surface area is 148 Å². The van der Waals surface area contributed by atoms with E-state index in [1.54, 1.807) is 6.20 Å². The van der Waals surface area contributed by atoms with Crippen LogP contribution in [0.4, 0.5) is 5.69 Å². The van der Waals surface area contributed by atoms with Crippen molar-refractivity contribution in [1.82, 2.24) is 20.2 Å². The summed E-state index contributed by atoms with van der Waals surface area (Å²) in [6.07, 6.45) is 1.61. The maximum atomic E-state index is 12.6. The second-order valence-corrected chi connectivity index (χ2v) is 6.70. The van der Waals surface area contributed by atoms with Gasteiger partial charge >= 0.3 is 0 Å². The van der Waals surface area contributed by atoms with Crippen molar-refractivity contribution in [3.8, 4) is 10.6 Å². The van der Waals surface area contributed by atoms with Crippen LogP contribution in [0.5, 0.6) is 0 Å². The van der Waals surface area contributed by atoms with Gasteiger partial charge in [0, 0.05) is 16.6 Å². The molecule has 4 rings (SSSR count). The average Bonchev–Trinajstić information content (AvgIpc) is 3.19. The van der Waals surface area contributed by atoms with Gasteiger partial charge in [-0.1, -0.05) is 30.3 Å². The molecule has 0 radical (unpaired) electrons. The molecule has 1 aromatic carbocycles. The van der Waals surface area contributed by atoms with E-state index in [0.717, 1.165) is 27.3 Å². The zero-order valence-electron chi connectivity index (χ0n) is 13.7. The first-order valence-corrected chi connectivity index (χ1v) is 8.58. The highest BCUT2D eigenvalue weighted by Gasteiger charge is 2.17. The van der Waals surface area contributed by atoms with Crippen LogP contribution in [0, 0.1) is 13.8 Å². The second kappa shape index (κ2) is 6.10. The quantitative estimate of drug-likeness (QED) is 0.586. The van der Waals surface area contributed by atoms with Gasteiger partial charge in [0.25, 0.3) is 5.91 Å². The standard InChI is InChI=1S/C18H15N5OS/c1-10-14-8-13(9-19-16(14)23-22-10)21-17(24)15-11(2)20-18(25-15)12-6-4-3-5-7-12/h3-9H,1-2H3,(H,21,24)(H,19,22,23). The molecule has 3 aromatic heterocycles. The first-order valence-electron chi connectivity index (χ1n) is 7.77. The first kappa shape index (κ1) is 15.5. The van der Waals surface area contributed by atoms with Gasteiger partial charge in [0.15, 0.2) is 5.65 Å². The van der Waals surface area contributed by atoms with E-state index in [-0.39, 0.29) is 5.91 Å². The smallest absolute Gasteiger partial charge is 0.267 e. The van der Waals surface area contributed by atoms with Crippen LogP contribution in [0.15, 0.2) is 42.6 Å². The molecule has 7 heteroatoms. The monoisotopic (exact) mass is 349 g/mol. The van der Waals surface area contributed by atoms with E-state index in [1.807, 2.05) is 50.2 Å². The van der Waals surface area contributed by atoms with E-state index < -0.39 is 0 Å². The first-order chi connectivity index (χ1) is 12.1. The molecule has 6 nitrogen and oxygen atoms in total. The number of H-pyrrole nitrogens is 1. The normalized spacial score (nSPS) is 11.0. The number of aryl methyl sites for hydroxylation is 2. The molecule has 1 amide bonds. The average molecular weight is 349 g/mol. The summed E-state index contributed by atoms with van der Waals surface area (Å²) >= 11 is 1.39. The molecule has 0 saturated carbocycles. The van der Waals surface area contributed by atoms with Gasteiger partial charge in [-0.05, 0) is 19.9 Å². The molecule has 0 spiro atoms. The minimum absolute atomic E-state index is 0.181. The zero-order chi connectivity index (χ0) is 17.4. The highest BCUT2D eigenvalue weighted by atomic mass is 32.1. The molecule has 3 heterocycles. The van der Waals surface area contributed by atoms with Crippen LogP contribution >= 0.6 is 11.3 Å². The Morgan fingerprint density at radius 2 is 2.00 bits per heavy atom. The minimum Gasteiger partial charge on any atom is -0.320 e. The number of anilines is 1.